The normalized spacial score (nSPS) is 17.9. The van der Waals surface area contributed by atoms with Gasteiger partial charge in [-0.2, -0.15) is 0 Å². The third-order valence-corrected chi connectivity index (χ3v) is 3.62. The molecule has 0 bridgehead atoms. The first-order chi connectivity index (χ1) is 7.97. The lowest BCUT2D eigenvalue weighted by atomic mass is 9.75. The number of hydrogen-bond acceptors (Lipinski definition) is 3. The minimum Gasteiger partial charge on any atom is -0.343 e. The Morgan fingerprint density at radius 1 is 1.29 bits per heavy atom. The molecule has 1 rings (SSSR count). The molecule has 0 heterocycles. The van der Waals surface area contributed by atoms with Gasteiger partial charge in [0.2, 0.25) is 5.91 Å². The Bertz CT molecular complexity index is 249. The number of carbonyl (C=O) groups is 1. The topological polar surface area (TPSA) is 49.6 Å². The van der Waals surface area contributed by atoms with Crippen molar-refractivity contribution in [2.45, 2.75) is 44.6 Å². The Hall–Kier alpha value is -0.610. The Labute approximate surface area is 105 Å². The van der Waals surface area contributed by atoms with Crippen LogP contribution in [0.4, 0.5) is 0 Å². The number of carbonyl (C=O) groups excluding carboxylic acids is 1. The molecule has 1 fully saturated rings. The largest absolute Gasteiger partial charge is 0.343 e. The van der Waals surface area contributed by atoms with Gasteiger partial charge in [-0.1, -0.05) is 0 Å². The summed E-state index contributed by atoms with van der Waals surface area (Å²) in [7, 11) is 4.11. The van der Waals surface area contributed by atoms with Crippen LogP contribution in [0, 0.1) is 0 Å². The third kappa shape index (κ3) is 4.64. The summed E-state index contributed by atoms with van der Waals surface area (Å²) < 4.78 is 0. The maximum Gasteiger partial charge on any atom is 0.224 e. The fourth-order valence-corrected chi connectivity index (χ4v) is 2.26. The highest BCUT2D eigenvalue weighted by atomic mass is 16.2. The van der Waals surface area contributed by atoms with Crippen LogP contribution in [-0.2, 0) is 4.79 Å². The van der Waals surface area contributed by atoms with E-state index in [1.807, 2.05) is 11.8 Å². The molecule has 0 atom stereocenters. The summed E-state index contributed by atoms with van der Waals surface area (Å²) in [4.78, 5) is 16.2. The first-order valence-corrected chi connectivity index (χ1v) is 6.68. The van der Waals surface area contributed by atoms with E-state index in [1.54, 1.807) is 0 Å². The van der Waals surface area contributed by atoms with Crippen LogP contribution in [0.3, 0.4) is 0 Å². The second-order valence-electron chi connectivity index (χ2n) is 5.52. The number of hydrogen-bond donors (Lipinski definition) is 1. The van der Waals surface area contributed by atoms with Crippen molar-refractivity contribution in [1.29, 1.82) is 0 Å². The fraction of sp³-hybridized carbons (Fsp3) is 0.923. The molecular weight excluding hydrogens is 214 g/mol. The second-order valence-corrected chi connectivity index (χ2v) is 5.52. The van der Waals surface area contributed by atoms with Crippen LogP contribution in [-0.4, -0.2) is 55.0 Å². The molecule has 0 aromatic carbocycles. The molecule has 4 nitrogen and oxygen atoms in total. The summed E-state index contributed by atoms with van der Waals surface area (Å²) in [5.74, 6) is 0.230. The Morgan fingerprint density at radius 2 is 1.94 bits per heavy atom. The third-order valence-electron chi connectivity index (χ3n) is 3.62. The molecular formula is C13H27N3O. The van der Waals surface area contributed by atoms with Crippen LogP contribution < -0.4 is 5.73 Å². The molecule has 17 heavy (non-hydrogen) atoms. The van der Waals surface area contributed by atoms with Gasteiger partial charge in [-0.05, 0) is 53.2 Å². The summed E-state index contributed by atoms with van der Waals surface area (Å²) in [5.41, 5.74) is 5.93. The molecule has 1 aliphatic rings. The Kier molecular flexibility index (Phi) is 5.40. The summed E-state index contributed by atoms with van der Waals surface area (Å²) >= 11 is 0. The molecule has 0 radical (unpaired) electrons. The van der Waals surface area contributed by atoms with Gasteiger partial charge in [0, 0.05) is 25.0 Å². The average Bonchev–Trinajstić information content (AvgIpc) is 2.21. The molecule has 0 aliphatic heterocycles. The van der Waals surface area contributed by atoms with Crippen molar-refractivity contribution < 1.29 is 4.79 Å². The Morgan fingerprint density at radius 3 is 2.35 bits per heavy atom. The van der Waals surface area contributed by atoms with Crippen molar-refractivity contribution in [3.63, 3.8) is 0 Å². The summed E-state index contributed by atoms with van der Waals surface area (Å²) in [6, 6.07) is 0. The summed E-state index contributed by atoms with van der Waals surface area (Å²) in [6.07, 6.45) is 4.76. The minimum absolute atomic E-state index is 0.188. The number of amides is 1. The predicted molar refractivity (Wildman–Crippen MR) is 70.8 cm³/mol. The zero-order valence-corrected chi connectivity index (χ0v) is 11.5. The maximum absolute atomic E-state index is 12.1. The van der Waals surface area contributed by atoms with Gasteiger partial charge in [-0.15, -0.1) is 0 Å². The monoisotopic (exact) mass is 241 g/mol. The first kappa shape index (κ1) is 14.5. The van der Waals surface area contributed by atoms with E-state index in [2.05, 4.69) is 19.0 Å². The van der Waals surface area contributed by atoms with Crippen molar-refractivity contribution >= 4 is 5.91 Å². The highest BCUT2D eigenvalue weighted by molar-refractivity contribution is 5.77. The van der Waals surface area contributed by atoms with E-state index in [0.717, 1.165) is 38.9 Å². The molecule has 0 unspecified atom stereocenters. The lowest BCUT2D eigenvalue weighted by molar-refractivity contribution is -0.133. The highest BCUT2D eigenvalue weighted by Crippen LogP contribution is 2.32. The quantitative estimate of drug-likeness (QED) is 0.725. The van der Waals surface area contributed by atoms with Gasteiger partial charge in [-0.25, -0.2) is 0 Å². The SMILES string of the molecule is CCN(CCCN(C)C)C(=O)CC1(N)CCC1. The molecule has 1 amide bonds. The minimum atomic E-state index is -0.188. The van der Waals surface area contributed by atoms with E-state index in [0.29, 0.717) is 6.42 Å². The van der Waals surface area contributed by atoms with E-state index in [4.69, 9.17) is 5.73 Å². The number of nitrogens with zero attached hydrogens (tertiary/aromatic N) is 2. The lowest BCUT2D eigenvalue weighted by Crippen LogP contribution is -2.50. The second kappa shape index (κ2) is 6.36. The van der Waals surface area contributed by atoms with E-state index in [9.17, 15) is 4.79 Å². The summed E-state index contributed by atoms with van der Waals surface area (Å²) in [6.45, 7) is 4.71. The van der Waals surface area contributed by atoms with Crippen LogP contribution >= 0.6 is 0 Å². The van der Waals surface area contributed by atoms with E-state index >= 15 is 0 Å². The van der Waals surface area contributed by atoms with Crippen molar-refractivity contribution in [1.82, 2.24) is 9.80 Å². The van der Waals surface area contributed by atoms with Gasteiger partial charge in [-0.3, -0.25) is 4.79 Å². The molecule has 4 heteroatoms. The molecule has 100 valence electrons. The number of nitrogens with two attached hydrogens (primary N) is 1. The van der Waals surface area contributed by atoms with Crippen LogP contribution in [0.5, 0.6) is 0 Å². The Balaban J connectivity index is 2.30. The van der Waals surface area contributed by atoms with Crippen molar-refractivity contribution in [2.24, 2.45) is 5.73 Å². The molecule has 0 aromatic rings. The molecule has 1 aliphatic carbocycles. The van der Waals surface area contributed by atoms with Gasteiger partial charge in [0.25, 0.3) is 0 Å². The van der Waals surface area contributed by atoms with Crippen LogP contribution in [0.15, 0.2) is 0 Å². The van der Waals surface area contributed by atoms with Crippen molar-refractivity contribution in [3.8, 4) is 0 Å². The molecule has 2 N–H and O–H groups in total. The van der Waals surface area contributed by atoms with Crippen LogP contribution in [0.25, 0.3) is 0 Å². The summed E-state index contributed by atoms with van der Waals surface area (Å²) in [5, 5.41) is 0. The molecule has 0 spiro atoms. The maximum atomic E-state index is 12.1. The van der Waals surface area contributed by atoms with Gasteiger partial charge >= 0.3 is 0 Å². The van der Waals surface area contributed by atoms with Crippen LogP contribution in [0.1, 0.15) is 39.0 Å². The standard InChI is InChI=1S/C13H27N3O/c1-4-16(10-6-9-15(2)3)12(17)11-13(14)7-5-8-13/h4-11,14H2,1-3H3. The predicted octanol–water partition coefficient (Wildman–Crippen LogP) is 1.06. The van der Waals surface area contributed by atoms with E-state index < -0.39 is 0 Å². The van der Waals surface area contributed by atoms with E-state index in [-0.39, 0.29) is 11.4 Å². The zero-order chi connectivity index (χ0) is 12.9. The van der Waals surface area contributed by atoms with Gasteiger partial charge in [0.1, 0.15) is 0 Å². The fourth-order valence-electron chi connectivity index (χ4n) is 2.26. The van der Waals surface area contributed by atoms with E-state index in [1.165, 1.54) is 6.42 Å². The highest BCUT2D eigenvalue weighted by Gasteiger charge is 2.35. The van der Waals surface area contributed by atoms with Crippen molar-refractivity contribution in [3.05, 3.63) is 0 Å². The lowest BCUT2D eigenvalue weighted by Gasteiger charge is -2.38. The molecule has 0 aromatic heterocycles. The van der Waals surface area contributed by atoms with Crippen molar-refractivity contribution in [2.75, 3.05) is 33.7 Å². The van der Waals surface area contributed by atoms with Gasteiger partial charge < -0.3 is 15.5 Å². The molecule has 1 saturated carbocycles. The van der Waals surface area contributed by atoms with Crippen LogP contribution in [0.2, 0.25) is 0 Å². The average molecular weight is 241 g/mol. The zero-order valence-electron chi connectivity index (χ0n) is 11.5. The number of rotatable bonds is 7. The molecule has 0 saturated heterocycles. The van der Waals surface area contributed by atoms with Gasteiger partial charge in [0.05, 0.1) is 0 Å². The first-order valence-electron chi connectivity index (χ1n) is 6.68. The smallest absolute Gasteiger partial charge is 0.224 e. The van der Waals surface area contributed by atoms with Gasteiger partial charge in [0.15, 0.2) is 0 Å².